The first kappa shape index (κ1) is 52.9. The molecule has 0 aliphatic heterocycles. The molecule has 5 N–H and O–H groups in total. The zero-order valence-electron chi connectivity index (χ0n) is 34.8. The molecule has 322 valence electrons. The Bertz CT molecular complexity index is 1010. The normalized spacial score (nSPS) is 13.5. The van der Waals surface area contributed by atoms with E-state index >= 15 is 0 Å². The van der Waals surface area contributed by atoms with Gasteiger partial charge < -0.3 is 45.5 Å². The summed E-state index contributed by atoms with van der Waals surface area (Å²) in [6, 6.07) is -1.13. The molecular formula is C40H77N5O9S. The highest BCUT2D eigenvalue weighted by atomic mass is 32.1. The zero-order valence-corrected chi connectivity index (χ0v) is 35.7. The van der Waals surface area contributed by atoms with Crippen LogP contribution in [0.4, 0.5) is 0 Å². The smallest absolute Gasteiger partial charge is 0.223 e. The number of hydrogen-bond acceptors (Lipinski definition) is 12. The second kappa shape index (κ2) is 37.4. The van der Waals surface area contributed by atoms with Crippen LogP contribution in [0.1, 0.15) is 111 Å². The van der Waals surface area contributed by atoms with Crippen LogP contribution in [-0.4, -0.2) is 134 Å². The van der Waals surface area contributed by atoms with E-state index in [0.717, 1.165) is 77.3 Å². The molecule has 0 aliphatic carbocycles. The quantitative estimate of drug-likeness (QED) is 0.0395. The fourth-order valence-corrected chi connectivity index (χ4v) is 6.20. The standard InChI is InChI=1S/C40H77N5O9S/c1-6-33(15-8-11-20-41-4)39(49)43-22-13-10-17-35(45-40(50)34(7-2)16-9-12-21-42-5)37(47)18-14-23-51-25-27-53-29-30-54-28-26-52-24-19-38(48)44-36(31-55)32(3)46/h33-36,41-42,55H,6-31H2,1-5H3,(H,43,49)(H,44,48)(H,45,50). The summed E-state index contributed by atoms with van der Waals surface area (Å²) in [6.07, 6.45) is 10.3. The molecule has 0 aromatic carbocycles. The largest absolute Gasteiger partial charge is 0.379 e. The minimum Gasteiger partial charge on any atom is -0.379 e. The zero-order chi connectivity index (χ0) is 40.9. The van der Waals surface area contributed by atoms with E-state index in [1.54, 1.807) is 0 Å². The summed E-state index contributed by atoms with van der Waals surface area (Å²) in [5.41, 5.74) is 0. The highest BCUT2D eigenvalue weighted by Crippen LogP contribution is 2.16. The summed E-state index contributed by atoms with van der Waals surface area (Å²) in [4.78, 5) is 62.5. The number of nitrogens with one attached hydrogen (secondary N) is 5. The van der Waals surface area contributed by atoms with Crippen LogP contribution in [0.15, 0.2) is 0 Å². The Balaban J connectivity index is 4.43. The van der Waals surface area contributed by atoms with Crippen molar-refractivity contribution >= 4 is 41.9 Å². The molecule has 0 heterocycles. The van der Waals surface area contributed by atoms with Gasteiger partial charge >= 0.3 is 0 Å². The summed E-state index contributed by atoms with van der Waals surface area (Å²) >= 11 is 4.06. The third-order valence-corrected chi connectivity index (χ3v) is 9.78. The second-order valence-electron chi connectivity index (χ2n) is 13.9. The molecule has 0 fully saturated rings. The molecule has 15 heteroatoms. The molecule has 0 aromatic heterocycles. The topological polar surface area (TPSA) is 182 Å². The molecule has 0 saturated heterocycles. The van der Waals surface area contributed by atoms with Crippen molar-refractivity contribution in [1.29, 1.82) is 0 Å². The van der Waals surface area contributed by atoms with E-state index in [-0.39, 0.29) is 59.9 Å². The van der Waals surface area contributed by atoms with Gasteiger partial charge in [-0.15, -0.1) is 0 Å². The van der Waals surface area contributed by atoms with E-state index in [9.17, 15) is 24.0 Å². The molecule has 0 bridgehead atoms. The van der Waals surface area contributed by atoms with E-state index in [0.29, 0.717) is 72.1 Å². The molecule has 0 aliphatic rings. The summed E-state index contributed by atoms with van der Waals surface area (Å²) < 4.78 is 22.1. The van der Waals surface area contributed by atoms with Crippen molar-refractivity contribution in [3.8, 4) is 0 Å². The minimum absolute atomic E-state index is 0.00871. The van der Waals surface area contributed by atoms with Gasteiger partial charge in [-0.2, -0.15) is 12.6 Å². The maximum Gasteiger partial charge on any atom is 0.223 e. The average Bonchev–Trinajstić information content (AvgIpc) is 3.17. The van der Waals surface area contributed by atoms with Crippen molar-refractivity contribution in [2.24, 2.45) is 11.8 Å². The first-order valence-electron chi connectivity index (χ1n) is 20.8. The van der Waals surface area contributed by atoms with E-state index in [2.05, 4.69) is 46.1 Å². The van der Waals surface area contributed by atoms with Crippen molar-refractivity contribution in [3.05, 3.63) is 0 Å². The van der Waals surface area contributed by atoms with Gasteiger partial charge in [0.25, 0.3) is 0 Å². The van der Waals surface area contributed by atoms with E-state index < -0.39 is 12.1 Å². The molecule has 0 saturated carbocycles. The van der Waals surface area contributed by atoms with Crippen molar-refractivity contribution in [3.63, 3.8) is 0 Å². The average molecular weight is 804 g/mol. The van der Waals surface area contributed by atoms with Crippen LogP contribution in [0.2, 0.25) is 0 Å². The highest BCUT2D eigenvalue weighted by molar-refractivity contribution is 7.80. The Morgan fingerprint density at radius 2 is 1.04 bits per heavy atom. The fourth-order valence-electron chi connectivity index (χ4n) is 5.85. The number of carbonyl (C=O) groups is 5. The van der Waals surface area contributed by atoms with Crippen molar-refractivity contribution in [2.45, 2.75) is 123 Å². The Labute approximate surface area is 337 Å². The number of amides is 3. The predicted molar refractivity (Wildman–Crippen MR) is 221 cm³/mol. The summed E-state index contributed by atoms with van der Waals surface area (Å²) in [5.74, 6) is -0.170. The van der Waals surface area contributed by atoms with Crippen LogP contribution in [0, 0.1) is 11.8 Å². The van der Waals surface area contributed by atoms with Crippen LogP contribution >= 0.6 is 12.6 Å². The number of Topliss-reactive ketones (excluding diaryl/α,β-unsaturated/α-hetero) is 2. The number of ether oxygens (including phenoxy) is 4. The lowest BCUT2D eigenvalue weighted by Crippen LogP contribution is -2.43. The van der Waals surface area contributed by atoms with Gasteiger partial charge in [-0.3, -0.25) is 24.0 Å². The van der Waals surface area contributed by atoms with Crippen LogP contribution in [0.5, 0.6) is 0 Å². The Morgan fingerprint density at radius 3 is 1.55 bits per heavy atom. The minimum atomic E-state index is -0.578. The number of unbranched alkanes of at least 4 members (excludes halogenated alkanes) is 3. The lowest BCUT2D eigenvalue weighted by atomic mass is 9.96. The van der Waals surface area contributed by atoms with Gasteiger partial charge in [-0.05, 0) is 98.3 Å². The van der Waals surface area contributed by atoms with Gasteiger partial charge in [0.05, 0.1) is 58.3 Å². The molecule has 0 spiro atoms. The maximum atomic E-state index is 13.3. The molecule has 55 heavy (non-hydrogen) atoms. The Morgan fingerprint density at radius 1 is 0.545 bits per heavy atom. The van der Waals surface area contributed by atoms with E-state index in [4.69, 9.17) is 18.9 Å². The number of thiol groups is 1. The summed E-state index contributed by atoms with van der Waals surface area (Å²) in [6.45, 7) is 10.9. The number of carbonyl (C=O) groups excluding carboxylic acids is 5. The molecule has 14 nitrogen and oxygen atoms in total. The maximum absolute atomic E-state index is 13.3. The summed E-state index contributed by atoms with van der Waals surface area (Å²) in [7, 11) is 3.86. The Hall–Kier alpha value is -2.14. The highest BCUT2D eigenvalue weighted by Gasteiger charge is 2.24. The van der Waals surface area contributed by atoms with E-state index in [1.807, 2.05) is 21.0 Å². The Kier molecular flexibility index (Phi) is 36.0. The SMILES string of the molecule is CCC(CCCCNC)C(=O)NCCCCC(NC(=O)C(CC)CCCCNC)C(=O)CCCOCCOCCOCCOCCC(=O)NC(CS)C(C)=O. The van der Waals surface area contributed by atoms with Crippen LogP contribution < -0.4 is 26.6 Å². The molecule has 0 radical (unpaired) electrons. The molecule has 3 amide bonds. The third kappa shape index (κ3) is 29.7. The summed E-state index contributed by atoms with van der Waals surface area (Å²) in [5, 5.41) is 15.1. The van der Waals surface area contributed by atoms with Gasteiger partial charge in [-0.25, -0.2) is 0 Å². The molecule has 0 rings (SSSR count). The number of ketones is 2. The predicted octanol–water partition coefficient (Wildman–Crippen LogP) is 3.40. The van der Waals surface area contributed by atoms with Gasteiger partial charge in [0.1, 0.15) is 0 Å². The first-order valence-corrected chi connectivity index (χ1v) is 21.4. The van der Waals surface area contributed by atoms with Crippen LogP contribution in [-0.2, 0) is 42.9 Å². The molecule has 4 unspecified atom stereocenters. The van der Waals surface area contributed by atoms with Gasteiger partial charge in [-0.1, -0.05) is 26.7 Å². The number of hydrogen-bond donors (Lipinski definition) is 6. The first-order chi connectivity index (χ1) is 26.6. The van der Waals surface area contributed by atoms with Crippen LogP contribution in [0.3, 0.4) is 0 Å². The third-order valence-electron chi connectivity index (χ3n) is 9.42. The lowest BCUT2D eigenvalue weighted by Gasteiger charge is -2.22. The van der Waals surface area contributed by atoms with Crippen molar-refractivity contribution < 1.29 is 42.9 Å². The van der Waals surface area contributed by atoms with Crippen LogP contribution in [0.25, 0.3) is 0 Å². The molecule has 4 atom stereocenters. The number of rotatable bonds is 40. The van der Waals surface area contributed by atoms with Crippen molar-refractivity contribution in [2.75, 3.05) is 92.3 Å². The van der Waals surface area contributed by atoms with Gasteiger partial charge in [0.15, 0.2) is 11.6 Å². The lowest BCUT2D eigenvalue weighted by molar-refractivity contribution is -0.130. The molecule has 0 aromatic rings. The molecular weight excluding hydrogens is 727 g/mol. The van der Waals surface area contributed by atoms with E-state index in [1.165, 1.54) is 6.92 Å². The van der Waals surface area contributed by atoms with Crippen molar-refractivity contribution in [1.82, 2.24) is 26.6 Å². The second-order valence-corrected chi connectivity index (χ2v) is 14.3. The van der Waals surface area contributed by atoms with Gasteiger partial charge in [0, 0.05) is 43.6 Å². The van der Waals surface area contributed by atoms with Gasteiger partial charge in [0.2, 0.25) is 17.7 Å². The fraction of sp³-hybridized carbons (Fsp3) is 0.875. The monoisotopic (exact) mass is 804 g/mol.